The van der Waals surface area contributed by atoms with Crippen LogP contribution in [-0.2, 0) is 4.79 Å². The molecule has 0 aliphatic carbocycles. The summed E-state index contributed by atoms with van der Waals surface area (Å²) in [5.41, 5.74) is 5.31. The van der Waals surface area contributed by atoms with Gasteiger partial charge in [-0.05, 0) is 31.9 Å². The Kier molecular flexibility index (Phi) is 4.06. The van der Waals surface area contributed by atoms with E-state index in [-0.39, 0.29) is 0 Å². The van der Waals surface area contributed by atoms with Crippen LogP contribution < -0.4 is 5.73 Å². The Morgan fingerprint density at radius 2 is 2.32 bits per heavy atom. The van der Waals surface area contributed by atoms with Crippen LogP contribution in [0.5, 0.6) is 0 Å². The van der Waals surface area contributed by atoms with E-state index in [2.05, 4.69) is 10.2 Å². The number of nitrogens with zero attached hydrogens (tertiary/aromatic N) is 3. The maximum absolute atomic E-state index is 10.9. The summed E-state index contributed by atoms with van der Waals surface area (Å²) in [6, 6.07) is 5.71. The van der Waals surface area contributed by atoms with E-state index in [0.29, 0.717) is 12.8 Å². The highest BCUT2D eigenvalue weighted by atomic mass is 32.2. The number of hydrogen-bond acceptors (Lipinski definition) is 5. The smallest absolute Gasteiger partial charge is 0.323 e. The number of carbonyl (C=O) groups is 1. The lowest BCUT2D eigenvalue weighted by molar-refractivity contribution is -0.142. The van der Waals surface area contributed by atoms with Crippen molar-refractivity contribution in [2.45, 2.75) is 30.5 Å². The monoisotopic (exact) mass is 280 g/mol. The van der Waals surface area contributed by atoms with Crippen molar-refractivity contribution in [1.82, 2.24) is 14.6 Å². The van der Waals surface area contributed by atoms with Gasteiger partial charge in [0.2, 0.25) is 0 Å². The quantitative estimate of drug-likeness (QED) is 0.613. The molecule has 0 radical (unpaired) electrons. The minimum Gasteiger partial charge on any atom is -0.480 e. The fourth-order valence-corrected chi connectivity index (χ4v) is 2.49. The molecule has 1 atom stereocenters. The first-order valence-corrected chi connectivity index (χ1v) is 6.94. The van der Waals surface area contributed by atoms with E-state index in [4.69, 9.17) is 10.8 Å². The molecule has 0 aliphatic heterocycles. The summed E-state index contributed by atoms with van der Waals surface area (Å²) in [7, 11) is 0. The molecule has 2 rings (SSSR count). The molecule has 0 saturated heterocycles. The average molecular weight is 280 g/mol. The van der Waals surface area contributed by atoms with Crippen molar-refractivity contribution in [2.75, 3.05) is 5.75 Å². The zero-order valence-electron chi connectivity index (χ0n) is 10.6. The maximum atomic E-state index is 10.9. The average Bonchev–Trinajstić information content (AvgIpc) is 2.78. The largest absolute Gasteiger partial charge is 0.480 e. The molecule has 19 heavy (non-hydrogen) atoms. The summed E-state index contributed by atoms with van der Waals surface area (Å²) in [4.78, 5) is 10.9. The van der Waals surface area contributed by atoms with E-state index >= 15 is 0 Å². The van der Waals surface area contributed by atoms with Crippen molar-refractivity contribution in [3.8, 4) is 0 Å². The minimum atomic E-state index is -1.16. The van der Waals surface area contributed by atoms with E-state index in [9.17, 15) is 4.79 Å². The third kappa shape index (κ3) is 3.24. The molecule has 0 spiro atoms. The van der Waals surface area contributed by atoms with Crippen LogP contribution in [0.2, 0.25) is 0 Å². The highest BCUT2D eigenvalue weighted by molar-refractivity contribution is 7.99. The highest BCUT2D eigenvalue weighted by Crippen LogP contribution is 2.19. The van der Waals surface area contributed by atoms with Crippen LogP contribution in [0.3, 0.4) is 0 Å². The predicted molar refractivity (Wildman–Crippen MR) is 73.2 cm³/mol. The Morgan fingerprint density at radius 1 is 1.53 bits per heavy atom. The van der Waals surface area contributed by atoms with Crippen LogP contribution in [-0.4, -0.2) is 37.0 Å². The Morgan fingerprint density at radius 3 is 3.05 bits per heavy atom. The first kappa shape index (κ1) is 13.8. The molecule has 102 valence electrons. The van der Waals surface area contributed by atoms with Gasteiger partial charge in [0, 0.05) is 11.9 Å². The second-order valence-corrected chi connectivity index (χ2v) is 5.65. The fraction of sp³-hybridized carbons (Fsp3) is 0.417. The van der Waals surface area contributed by atoms with Gasteiger partial charge in [-0.1, -0.05) is 17.8 Å². The summed E-state index contributed by atoms with van der Waals surface area (Å²) in [5.74, 6) is -0.208. The van der Waals surface area contributed by atoms with Crippen LogP contribution in [0.15, 0.2) is 29.6 Å². The Hall–Kier alpha value is -1.60. The number of aliphatic carboxylic acids is 1. The highest BCUT2D eigenvalue weighted by Gasteiger charge is 2.26. The SMILES string of the molecule is CC(N)(CCCSc1nnc2ccccn12)C(=O)O. The summed E-state index contributed by atoms with van der Waals surface area (Å²) in [5, 5.41) is 17.9. The molecule has 0 aliphatic rings. The lowest BCUT2D eigenvalue weighted by atomic mass is 9.98. The van der Waals surface area contributed by atoms with E-state index in [1.54, 1.807) is 11.8 Å². The molecular formula is C12H16N4O2S. The molecule has 2 heterocycles. The van der Waals surface area contributed by atoms with Crippen molar-refractivity contribution >= 4 is 23.4 Å². The van der Waals surface area contributed by atoms with Gasteiger partial charge in [-0.2, -0.15) is 0 Å². The second kappa shape index (κ2) is 5.58. The van der Waals surface area contributed by atoms with E-state index in [1.807, 2.05) is 28.8 Å². The predicted octanol–water partition coefficient (Wildman–Crippen LogP) is 1.40. The third-order valence-electron chi connectivity index (χ3n) is 2.84. The van der Waals surface area contributed by atoms with Crippen molar-refractivity contribution in [2.24, 2.45) is 5.73 Å². The standard InChI is InChI=1S/C12H16N4O2S/c1-12(13,10(17)18)6-4-8-19-11-15-14-9-5-2-3-7-16(9)11/h2-3,5,7H,4,6,8,13H2,1H3,(H,17,18). The van der Waals surface area contributed by atoms with Gasteiger partial charge >= 0.3 is 5.97 Å². The molecule has 6 nitrogen and oxygen atoms in total. The molecule has 2 aromatic heterocycles. The molecule has 7 heteroatoms. The van der Waals surface area contributed by atoms with Crippen molar-refractivity contribution in [3.63, 3.8) is 0 Å². The van der Waals surface area contributed by atoms with Crippen molar-refractivity contribution in [3.05, 3.63) is 24.4 Å². The van der Waals surface area contributed by atoms with Crippen molar-refractivity contribution < 1.29 is 9.90 Å². The molecule has 1 unspecified atom stereocenters. The zero-order valence-corrected chi connectivity index (χ0v) is 11.4. The first-order chi connectivity index (χ1) is 9.00. The number of aromatic nitrogens is 3. The maximum Gasteiger partial charge on any atom is 0.323 e. The van der Waals surface area contributed by atoms with E-state index < -0.39 is 11.5 Å². The van der Waals surface area contributed by atoms with Gasteiger partial charge in [-0.25, -0.2) is 0 Å². The van der Waals surface area contributed by atoms with Gasteiger partial charge in [0.05, 0.1) is 0 Å². The summed E-state index contributed by atoms with van der Waals surface area (Å²) >= 11 is 1.55. The molecule has 0 fully saturated rings. The molecule has 0 amide bonds. The van der Waals surface area contributed by atoms with Gasteiger partial charge in [0.25, 0.3) is 0 Å². The topological polar surface area (TPSA) is 93.5 Å². The van der Waals surface area contributed by atoms with E-state index in [0.717, 1.165) is 16.6 Å². The number of pyridine rings is 1. The molecule has 0 saturated carbocycles. The van der Waals surface area contributed by atoms with E-state index in [1.165, 1.54) is 6.92 Å². The Balaban J connectivity index is 1.88. The first-order valence-electron chi connectivity index (χ1n) is 5.95. The number of carboxylic acids is 1. The lowest BCUT2D eigenvalue weighted by Gasteiger charge is -2.18. The number of thioether (sulfide) groups is 1. The van der Waals surface area contributed by atoms with Crippen LogP contribution in [0.4, 0.5) is 0 Å². The summed E-state index contributed by atoms with van der Waals surface area (Å²) in [6.45, 7) is 1.53. The number of rotatable bonds is 6. The van der Waals surface area contributed by atoms with Crippen LogP contribution in [0.25, 0.3) is 5.65 Å². The summed E-state index contributed by atoms with van der Waals surface area (Å²) < 4.78 is 1.91. The number of hydrogen-bond donors (Lipinski definition) is 2. The Bertz CT molecular complexity index is 582. The Labute approximate surface area is 115 Å². The molecular weight excluding hydrogens is 264 g/mol. The number of carboxylic acid groups (broad SMARTS) is 1. The van der Waals surface area contributed by atoms with Gasteiger partial charge in [0.1, 0.15) is 5.54 Å². The minimum absolute atomic E-state index is 0.437. The van der Waals surface area contributed by atoms with Gasteiger partial charge in [0.15, 0.2) is 10.8 Å². The van der Waals surface area contributed by atoms with Crippen LogP contribution in [0.1, 0.15) is 19.8 Å². The van der Waals surface area contributed by atoms with Gasteiger partial charge in [-0.15, -0.1) is 10.2 Å². The normalized spacial score (nSPS) is 14.4. The van der Waals surface area contributed by atoms with Gasteiger partial charge in [-0.3, -0.25) is 9.20 Å². The molecule has 3 N–H and O–H groups in total. The lowest BCUT2D eigenvalue weighted by Crippen LogP contribution is -2.44. The molecule has 2 aromatic rings. The molecule has 0 aromatic carbocycles. The van der Waals surface area contributed by atoms with Crippen molar-refractivity contribution in [1.29, 1.82) is 0 Å². The van der Waals surface area contributed by atoms with Gasteiger partial charge < -0.3 is 10.8 Å². The van der Waals surface area contributed by atoms with Crippen LogP contribution in [0, 0.1) is 0 Å². The van der Waals surface area contributed by atoms with Crippen LogP contribution >= 0.6 is 11.8 Å². The summed E-state index contributed by atoms with van der Waals surface area (Å²) in [6.07, 6.45) is 3.06. The number of nitrogens with two attached hydrogens (primary N) is 1. The second-order valence-electron chi connectivity index (χ2n) is 4.59. The molecule has 0 bridgehead atoms. The number of fused-ring (bicyclic) bond motifs is 1. The fourth-order valence-electron chi connectivity index (χ4n) is 1.63. The third-order valence-corrected chi connectivity index (χ3v) is 3.87. The zero-order chi connectivity index (χ0) is 13.9.